The first kappa shape index (κ1) is 16.4. The van der Waals surface area contributed by atoms with Crippen LogP contribution >= 0.6 is 15.9 Å². The highest BCUT2D eigenvalue weighted by molar-refractivity contribution is 9.10. The molecule has 2 N–H and O–H groups in total. The minimum atomic E-state index is -0.788. The lowest BCUT2D eigenvalue weighted by Crippen LogP contribution is -2.48. The molecule has 0 aromatic heterocycles. The predicted molar refractivity (Wildman–Crippen MR) is 92.1 cm³/mol. The molecule has 24 heavy (non-hydrogen) atoms. The number of hydrogen-bond donors (Lipinski definition) is 2. The summed E-state index contributed by atoms with van der Waals surface area (Å²) in [6, 6.07) is 14.8. The van der Waals surface area contributed by atoms with Crippen molar-refractivity contribution in [2.45, 2.75) is 12.5 Å². The SMILES string of the molecule is O=C(NNC1CC(=O)N(c2ccccc2)C1=O)c1ccccc1Br. The van der Waals surface area contributed by atoms with Gasteiger partial charge in [0.1, 0.15) is 6.04 Å². The number of hydrazine groups is 1. The van der Waals surface area contributed by atoms with Crippen LogP contribution in [0.1, 0.15) is 16.8 Å². The van der Waals surface area contributed by atoms with Crippen LogP contribution in [0.4, 0.5) is 5.69 Å². The molecule has 1 aliphatic heterocycles. The van der Waals surface area contributed by atoms with Crippen LogP contribution in [-0.2, 0) is 9.59 Å². The zero-order chi connectivity index (χ0) is 17.1. The van der Waals surface area contributed by atoms with Crippen molar-refractivity contribution in [1.82, 2.24) is 10.9 Å². The quantitative estimate of drug-likeness (QED) is 0.621. The summed E-state index contributed by atoms with van der Waals surface area (Å²) >= 11 is 3.29. The van der Waals surface area contributed by atoms with Crippen LogP contribution in [0, 0.1) is 0 Å². The first-order chi connectivity index (χ1) is 11.6. The Morgan fingerprint density at radius 3 is 2.42 bits per heavy atom. The molecule has 0 aliphatic carbocycles. The van der Waals surface area contributed by atoms with Crippen molar-refractivity contribution in [3.8, 4) is 0 Å². The Morgan fingerprint density at radius 1 is 1.04 bits per heavy atom. The second-order valence-electron chi connectivity index (χ2n) is 5.24. The van der Waals surface area contributed by atoms with Gasteiger partial charge in [-0.1, -0.05) is 30.3 Å². The van der Waals surface area contributed by atoms with Crippen molar-refractivity contribution in [3.05, 3.63) is 64.6 Å². The van der Waals surface area contributed by atoms with Gasteiger partial charge in [0, 0.05) is 4.47 Å². The topological polar surface area (TPSA) is 78.5 Å². The van der Waals surface area contributed by atoms with Gasteiger partial charge in [0.25, 0.3) is 11.8 Å². The monoisotopic (exact) mass is 387 g/mol. The van der Waals surface area contributed by atoms with Gasteiger partial charge in [-0.15, -0.1) is 0 Å². The van der Waals surface area contributed by atoms with E-state index in [1.807, 2.05) is 6.07 Å². The summed E-state index contributed by atoms with van der Waals surface area (Å²) in [5.41, 5.74) is 6.09. The highest BCUT2D eigenvalue weighted by Crippen LogP contribution is 2.22. The molecular weight excluding hydrogens is 374 g/mol. The van der Waals surface area contributed by atoms with Crippen LogP contribution in [0.3, 0.4) is 0 Å². The molecular formula is C17H14BrN3O3. The van der Waals surface area contributed by atoms with Gasteiger partial charge < -0.3 is 0 Å². The zero-order valence-corrected chi connectivity index (χ0v) is 14.1. The summed E-state index contributed by atoms with van der Waals surface area (Å²) in [5.74, 6) is -1.08. The van der Waals surface area contributed by atoms with Crippen molar-refractivity contribution in [2.75, 3.05) is 4.90 Å². The number of imide groups is 1. The molecule has 0 spiro atoms. The van der Waals surface area contributed by atoms with Crippen molar-refractivity contribution in [2.24, 2.45) is 0 Å². The van der Waals surface area contributed by atoms with Crippen LogP contribution < -0.4 is 15.8 Å². The average Bonchev–Trinajstić information content (AvgIpc) is 2.87. The van der Waals surface area contributed by atoms with E-state index >= 15 is 0 Å². The second-order valence-corrected chi connectivity index (χ2v) is 6.09. The van der Waals surface area contributed by atoms with Crippen molar-refractivity contribution in [1.29, 1.82) is 0 Å². The third kappa shape index (κ3) is 3.22. The van der Waals surface area contributed by atoms with E-state index < -0.39 is 11.9 Å². The molecule has 1 atom stereocenters. The summed E-state index contributed by atoms with van der Waals surface area (Å²) in [6.45, 7) is 0. The van der Waals surface area contributed by atoms with Gasteiger partial charge in [0.15, 0.2) is 0 Å². The average molecular weight is 388 g/mol. The Balaban J connectivity index is 1.67. The van der Waals surface area contributed by atoms with Gasteiger partial charge in [0.05, 0.1) is 17.7 Å². The van der Waals surface area contributed by atoms with Crippen LogP contribution in [0.25, 0.3) is 0 Å². The van der Waals surface area contributed by atoms with E-state index in [1.54, 1.807) is 48.5 Å². The number of anilines is 1. The Morgan fingerprint density at radius 2 is 1.71 bits per heavy atom. The number of carbonyl (C=O) groups excluding carboxylic acids is 3. The van der Waals surface area contributed by atoms with Crippen molar-refractivity contribution < 1.29 is 14.4 Å². The van der Waals surface area contributed by atoms with Gasteiger partial charge in [-0.3, -0.25) is 19.8 Å². The summed E-state index contributed by atoms with van der Waals surface area (Å²) in [7, 11) is 0. The van der Waals surface area contributed by atoms with E-state index in [4.69, 9.17) is 0 Å². The summed E-state index contributed by atoms with van der Waals surface area (Å²) in [6.07, 6.45) is -0.00995. The van der Waals surface area contributed by atoms with Crippen LogP contribution in [-0.4, -0.2) is 23.8 Å². The van der Waals surface area contributed by atoms with Gasteiger partial charge >= 0.3 is 0 Å². The molecule has 1 unspecified atom stereocenters. The molecule has 1 heterocycles. The molecule has 122 valence electrons. The number of benzene rings is 2. The lowest BCUT2D eigenvalue weighted by Gasteiger charge is -2.16. The highest BCUT2D eigenvalue weighted by Gasteiger charge is 2.39. The number of carbonyl (C=O) groups is 3. The molecule has 3 amide bonds. The van der Waals surface area contributed by atoms with Gasteiger partial charge in [-0.05, 0) is 40.2 Å². The van der Waals surface area contributed by atoms with Crippen molar-refractivity contribution in [3.63, 3.8) is 0 Å². The Bertz CT molecular complexity index is 795. The fourth-order valence-corrected chi connectivity index (χ4v) is 2.92. The maximum atomic E-state index is 12.4. The number of nitrogens with one attached hydrogen (secondary N) is 2. The van der Waals surface area contributed by atoms with Crippen LogP contribution in [0.2, 0.25) is 0 Å². The second kappa shape index (κ2) is 6.94. The maximum Gasteiger partial charge on any atom is 0.266 e. The van der Waals surface area contributed by atoms with E-state index in [0.717, 1.165) is 4.90 Å². The van der Waals surface area contributed by atoms with E-state index in [0.29, 0.717) is 15.7 Å². The lowest BCUT2D eigenvalue weighted by molar-refractivity contribution is -0.121. The van der Waals surface area contributed by atoms with Crippen LogP contribution in [0.5, 0.6) is 0 Å². The van der Waals surface area contributed by atoms with Gasteiger partial charge in [0.2, 0.25) is 5.91 Å². The number of rotatable bonds is 4. The smallest absolute Gasteiger partial charge is 0.266 e. The Labute approximate surface area is 146 Å². The third-order valence-corrected chi connectivity index (χ3v) is 4.33. The zero-order valence-electron chi connectivity index (χ0n) is 12.5. The molecule has 6 nitrogen and oxygen atoms in total. The number of para-hydroxylation sites is 1. The fourth-order valence-electron chi connectivity index (χ4n) is 2.46. The molecule has 2 aromatic carbocycles. The van der Waals surface area contributed by atoms with E-state index in [1.165, 1.54) is 0 Å². The minimum Gasteiger partial charge on any atom is -0.287 e. The lowest BCUT2D eigenvalue weighted by atomic mass is 10.2. The third-order valence-electron chi connectivity index (χ3n) is 3.64. The summed E-state index contributed by atoms with van der Waals surface area (Å²) in [5, 5.41) is 0. The Hall–Kier alpha value is -2.51. The molecule has 1 fully saturated rings. The predicted octanol–water partition coefficient (Wildman–Crippen LogP) is 2.02. The largest absolute Gasteiger partial charge is 0.287 e. The maximum absolute atomic E-state index is 12.4. The van der Waals surface area contributed by atoms with Gasteiger partial charge in [-0.25, -0.2) is 10.3 Å². The summed E-state index contributed by atoms with van der Waals surface area (Å²) in [4.78, 5) is 37.8. The van der Waals surface area contributed by atoms with E-state index in [9.17, 15) is 14.4 Å². The first-order valence-corrected chi connectivity index (χ1v) is 8.09. The number of hydrogen-bond acceptors (Lipinski definition) is 4. The first-order valence-electron chi connectivity index (χ1n) is 7.30. The molecule has 1 saturated heterocycles. The van der Waals surface area contributed by atoms with Crippen LogP contribution in [0.15, 0.2) is 59.1 Å². The number of halogens is 1. The van der Waals surface area contributed by atoms with Crippen molar-refractivity contribution >= 4 is 39.3 Å². The molecule has 0 saturated carbocycles. The fraction of sp³-hybridized carbons (Fsp3) is 0.118. The molecule has 2 aromatic rings. The minimum absolute atomic E-state index is 0.00995. The molecule has 1 aliphatic rings. The highest BCUT2D eigenvalue weighted by atomic mass is 79.9. The van der Waals surface area contributed by atoms with E-state index in [2.05, 4.69) is 26.8 Å². The molecule has 3 rings (SSSR count). The molecule has 0 radical (unpaired) electrons. The Kier molecular flexibility index (Phi) is 4.73. The number of amides is 3. The van der Waals surface area contributed by atoms with Gasteiger partial charge in [-0.2, -0.15) is 0 Å². The standard InChI is InChI=1S/C17H14BrN3O3/c18-13-9-5-4-8-12(13)16(23)20-19-14-10-15(22)21(17(14)24)11-6-2-1-3-7-11/h1-9,14,19H,10H2,(H,20,23). The normalized spacial score (nSPS) is 17.2. The number of nitrogens with zero attached hydrogens (tertiary/aromatic N) is 1. The summed E-state index contributed by atoms with van der Waals surface area (Å²) < 4.78 is 0.643. The van der Waals surface area contributed by atoms with E-state index in [-0.39, 0.29) is 18.2 Å². The molecule has 0 bridgehead atoms. The molecule has 7 heteroatoms.